The Morgan fingerprint density at radius 2 is 2.12 bits per heavy atom. The first-order valence-corrected chi connectivity index (χ1v) is 8.43. The van der Waals surface area contributed by atoms with Crippen LogP contribution in [0.25, 0.3) is 11.6 Å². The summed E-state index contributed by atoms with van der Waals surface area (Å²) in [5, 5.41) is 8.35. The number of hydrogen-bond acceptors (Lipinski definition) is 6. The van der Waals surface area contributed by atoms with Crippen LogP contribution in [0.1, 0.15) is 17.1 Å². The van der Waals surface area contributed by atoms with Gasteiger partial charge in [-0.3, -0.25) is 9.48 Å². The van der Waals surface area contributed by atoms with Gasteiger partial charge in [0.15, 0.2) is 18.1 Å². The molecular weight excluding hydrogens is 334 g/mol. The molecule has 1 amide bonds. The Bertz CT molecular complexity index is 932. The van der Waals surface area contributed by atoms with E-state index in [1.54, 1.807) is 11.8 Å². The summed E-state index contributed by atoms with van der Waals surface area (Å²) in [6, 6.07) is 9.32. The predicted octanol–water partition coefficient (Wildman–Crippen LogP) is 1.74. The fraction of sp³-hybridized carbons (Fsp3) is 0.333. The van der Waals surface area contributed by atoms with Crippen molar-refractivity contribution < 1.29 is 14.1 Å². The van der Waals surface area contributed by atoms with Gasteiger partial charge in [-0.25, -0.2) is 0 Å². The van der Waals surface area contributed by atoms with E-state index < -0.39 is 0 Å². The normalized spacial score (nSPS) is 13.5. The zero-order valence-electron chi connectivity index (χ0n) is 14.7. The standard InChI is InChI=1S/C18H19N5O3/c1-12-19-18(26-21-12)17-14-10-23(9-8-15(14)22(2)20-17)16(24)11-25-13-6-4-3-5-7-13/h3-7H,8-11H2,1-2H3. The van der Waals surface area contributed by atoms with Gasteiger partial charge >= 0.3 is 0 Å². The molecule has 26 heavy (non-hydrogen) atoms. The lowest BCUT2D eigenvalue weighted by Crippen LogP contribution is -2.39. The van der Waals surface area contributed by atoms with Crippen molar-refractivity contribution in [2.45, 2.75) is 19.9 Å². The largest absolute Gasteiger partial charge is 0.484 e. The van der Waals surface area contributed by atoms with Crippen LogP contribution in [0.4, 0.5) is 0 Å². The second-order valence-electron chi connectivity index (χ2n) is 6.21. The van der Waals surface area contributed by atoms with Gasteiger partial charge in [0.25, 0.3) is 11.8 Å². The number of amides is 1. The van der Waals surface area contributed by atoms with Crippen LogP contribution in [0.2, 0.25) is 0 Å². The average molecular weight is 353 g/mol. The molecule has 4 rings (SSSR count). The molecule has 0 fully saturated rings. The molecule has 0 saturated heterocycles. The fourth-order valence-corrected chi connectivity index (χ4v) is 3.12. The van der Waals surface area contributed by atoms with Crippen molar-refractivity contribution in [3.8, 4) is 17.3 Å². The highest BCUT2D eigenvalue weighted by molar-refractivity contribution is 5.78. The Kier molecular flexibility index (Phi) is 4.16. The molecule has 0 atom stereocenters. The Balaban J connectivity index is 1.51. The van der Waals surface area contributed by atoms with E-state index in [9.17, 15) is 4.79 Å². The van der Waals surface area contributed by atoms with Gasteiger partial charge in [0.1, 0.15) is 5.75 Å². The van der Waals surface area contributed by atoms with Crippen molar-refractivity contribution >= 4 is 5.91 Å². The van der Waals surface area contributed by atoms with Crippen molar-refractivity contribution in [2.24, 2.45) is 7.05 Å². The molecule has 0 aliphatic carbocycles. The molecule has 3 aromatic rings. The number of benzene rings is 1. The summed E-state index contributed by atoms with van der Waals surface area (Å²) >= 11 is 0. The summed E-state index contributed by atoms with van der Waals surface area (Å²) < 4.78 is 12.7. The number of para-hydroxylation sites is 1. The topological polar surface area (TPSA) is 86.3 Å². The Morgan fingerprint density at radius 3 is 2.85 bits per heavy atom. The van der Waals surface area contributed by atoms with Gasteiger partial charge in [0, 0.05) is 37.8 Å². The van der Waals surface area contributed by atoms with E-state index in [2.05, 4.69) is 15.2 Å². The average Bonchev–Trinajstić information content (AvgIpc) is 3.23. The van der Waals surface area contributed by atoms with Gasteiger partial charge in [0.2, 0.25) is 0 Å². The SMILES string of the molecule is Cc1noc(-c2nn(C)c3c2CN(C(=O)COc2ccccc2)CC3)n1. The van der Waals surface area contributed by atoms with E-state index in [1.807, 2.05) is 42.1 Å². The third-order valence-electron chi connectivity index (χ3n) is 4.43. The molecule has 8 heteroatoms. The number of carbonyl (C=O) groups is 1. The van der Waals surface area contributed by atoms with E-state index in [0.29, 0.717) is 36.2 Å². The minimum Gasteiger partial charge on any atom is -0.484 e. The number of nitrogens with zero attached hydrogens (tertiary/aromatic N) is 5. The molecule has 3 heterocycles. The van der Waals surface area contributed by atoms with Gasteiger partial charge in [-0.1, -0.05) is 23.4 Å². The van der Waals surface area contributed by atoms with Crippen LogP contribution in [0.3, 0.4) is 0 Å². The fourth-order valence-electron chi connectivity index (χ4n) is 3.12. The van der Waals surface area contributed by atoms with Crippen LogP contribution in [-0.4, -0.2) is 43.9 Å². The highest BCUT2D eigenvalue weighted by atomic mass is 16.5. The van der Waals surface area contributed by atoms with Gasteiger partial charge in [0.05, 0.1) is 0 Å². The molecule has 0 bridgehead atoms. The zero-order valence-corrected chi connectivity index (χ0v) is 14.7. The molecule has 2 aromatic heterocycles. The first-order chi connectivity index (χ1) is 12.6. The number of rotatable bonds is 4. The van der Waals surface area contributed by atoms with Crippen LogP contribution < -0.4 is 4.74 Å². The number of fused-ring (bicyclic) bond motifs is 1. The summed E-state index contributed by atoms with van der Waals surface area (Å²) in [6.45, 7) is 2.86. The predicted molar refractivity (Wildman–Crippen MR) is 92.3 cm³/mol. The molecule has 134 valence electrons. The molecule has 1 aliphatic rings. The Morgan fingerprint density at radius 1 is 1.31 bits per heavy atom. The second-order valence-corrected chi connectivity index (χ2v) is 6.21. The molecule has 1 aliphatic heterocycles. The van der Waals surface area contributed by atoms with E-state index in [4.69, 9.17) is 9.26 Å². The molecule has 0 unspecified atom stereocenters. The smallest absolute Gasteiger partial charge is 0.278 e. The summed E-state index contributed by atoms with van der Waals surface area (Å²) in [4.78, 5) is 18.6. The van der Waals surface area contributed by atoms with Crippen LogP contribution in [0.5, 0.6) is 5.75 Å². The molecule has 0 saturated carbocycles. The highest BCUT2D eigenvalue weighted by Crippen LogP contribution is 2.28. The number of aryl methyl sites for hydroxylation is 2. The maximum absolute atomic E-state index is 12.6. The van der Waals surface area contributed by atoms with Crippen molar-refractivity contribution in [1.82, 2.24) is 24.8 Å². The monoisotopic (exact) mass is 353 g/mol. The first-order valence-electron chi connectivity index (χ1n) is 8.43. The van der Waals surface area contributed by atoms with E-state index >= 15 is 0 Å². The van der Waals surface area contributed by atoms with E-state index in [0.717, 1.165) is 17.7 Å². The van der Waals surface area contributed by atoms with Crippen molar-refractivity contribution in [3.05, 3.63) is 47.4 Å². The lowest BCUT2D eigenvalue weighted by atomic mass is 10.0. The molecule has 0 N–H and O–H groups in total. The summed E-state index contributed by atoms with van der Waals surface area (Å²) in [7, 11) is 1.89. The third kappa shape index (κ3) is 3.05. The zero-order chi connectivity index (χ0) is 18.1. The van der Waals surface area contributed by atoms with Crippen molar-refractivity contribution in [3.63, 3.8) is 0 Å². The molecule has 0 radical (unpaired) electrons. The van der Waals surface area contributed by atoms with E-state index in [-0.39, 0.29) is 12.5 Å². The van der Waals surface area contributed by atoms with Gasteiger partial charge in [-0.2, -0.15) is 10.1 Å². The Labute approximate surface area is 150 Å². The van der Waals surface area contributed by atoms with Crippen molar-refractivity contribution in [2.75, 3.05) is 13.2 Å². The van der Waals surface area contributed by atoms with Crippen molar-refractivity contribution in [1.29, 1.82) is 0 Å². The molecule has 8 nitrogen and oxygen atoms in total. The van der Waals surface area contributed by atoms with E-state index in [1.165, 1.54) is 0 Å². The van der Waals surface area contributed by atoms with Gasteiger partial charge < -0.3 is 14.2 Å². The number of aromatic nitrogens is 4. The second kappa shape index (κ2) is 6.62. The molecule has 0 spiro atoms. The number of carbonyl (C=O) groups excluding carboxylic acids is 1. The third-order valence-corrected chi connectivity index (χ3v) is 4.43. The maximum atomic E-state index is 12.6. The highest BCUT2D eigenvalue weighted by Gasteiger charge is 2.29. The minimum atomic E-state index is -0.0592. The van der Waals surface area contributed by atoms with Crippen LogP contribution in [0, 0.1) is 6.92 Å². The van der Waals surface area contributed by atoms with Crippen LogP contribution in [-0.2, 0) is 24.8 Å². The minimum absolute atomic E-state index is 0.00854. The summed E-state index contributed by atoms with van der Waals surface area (Å²) in [6.07, 6.45) is 0.725. The maximum Gasteiger partial charge on any atom is 0.278 e. The van der Waals surface area contributed by atoms with Crippen LogP contribution in [0.15, 0.2) is 34.9 Å². The Hall–Kier alpha value is -3.16. The molecular formula is C18H19N5O3. The quantitative estimate of drug-likeness (QED) is 0.710. The van der Waals surface area contributed by atoms with Gasteiger partial charge in [-0.05, 0) is 19.1 Å². The first kappa shape index (κ1) is 16.3. The van der Waals surface area contributed by atoms with Gasteiger partial charge in [-0.15, -0.1) is 0 Å². The number of ether oxygens (including phenoxy) is 1. The molecule has 1 aromatic carbocycles. The lowest BCUT2D eigenvalue weighted by Gasteiger charge is -2.27. The summed E-state index contributed by atoms with van der Waals surface area (Å²) in [5.41, 5.74) is 2.68. The summed E-state index contributed by atoms with van der Waals surface area (Å²) in [5.74, 6) is 1.56. The van der Waals surface area contributed by atoms with Crippen LogP contribution >= 0.6 is 0 Å². The number of hydrogen-bond donors (Lipinski definition) is 0. The lowest BCUT2D eigenvalue weighted by molar-refractivity contribution is -0.134.